The van der Waals surface area contributed by atoms with Crippen LogP contribution in [0.3, 0.4) is 0 Å². The molecule has 0 amide bonds. The van der Waals surface area contributed by atoms with E-state index in [2.05, 4.69) is 9.47 Å². The van der Waals surface area contributed by atoms with Crippen molar-refractivity contribution in [1.29, 1.82) is 0 Å². The maximum absolute atomic E-state index is 12.2. The fourth-order valence-electron chi connectivity index (χ4n) is 0.491. The van der Waals surface area contributed by atoms with Crippen molar-refractivity contribution in [2.75, 3.05) is 13.2 Å². The SMILES string of the molecule is O=C(OCC(F)(F)C(F)F)OCC(F)(F)C(F)(F)F. The molecule has 0 unspecified atom stereocenters. The molecule has 0 aromatic rings. The van der Waals surface area contributed by atoms with Crippen LogP contribution < -0.4 is 0 Å². The van der Waals surface area contributed by atoms with Gasteiger partial charge in [-0.1, -0.05) is 0 Å². The first kappa shape index (κ1) is 17.6. The third-order valence-corrected chi connectivity index (χ3v) is 1.49. The number of rotatable bonds is 5. The number of ether oxygens (including phenoxy) is 2. The molecule has 0 spiro atoms. The van der Waals surface area contributed by atoms with Gasteiger partial charge in [-0.3, -0.25) is 0 Å². The molecular weight excluding hydrogens is 303 g/mol. The van der Waals surface area contributed by atoms with E-state index in [0.29, 0.717) is 0 Å². The highest BCUT2D eigenvalue weighted by Gasteiger charge is 2.58. The molecule has 0 heterocycles. The standard InChI is InChI=1S/C7H5F9O3/c8-3(9)5(10,11)1-18-4(17)19-2-6(12,13)7(14,15)16/h3H,1-2H2. The fourth-order valence-corrected chi connectivity index (χ4v) is 0.491. The van der Waals surface area contributed by atoms with Crippen molar-refractivity contribution in [3.05, 3.63) is 0 Å². The lowest BCUT2D eigenvalue weighted by Crippen LogP contribution is -2.42. The van der Waals surface area contributed by atoms with Gasteiger partial charge in [0.1, 0.15) is 0 Å². The molecule has 0 saturated heterocycles. The molecule has 0 bridgehead atoms. The topological polar surface area (TPSA) is 35.5 Å². The van der Waals surface area contributed by atoms with Crippen LogP contribution in [0.4, 0.5) is 44.3 Å². The van der Waals surface area contributed by atoms with Gasteiger partial charge in [-0.05, 0) is 0 Å². The van der Waals surface area contributed by atoms with E-state index in [0.717, 1.165) is 0 Å². The molecule has 0 fully saturated rings. The van der Waals surface area contributed by atoms with Gasteiger partial charge in [0.05, 0.1) is 0 Å². The molecule has 3 nitrogen and oxygen atoms in total. The van der Waals surface area contributed by atoms with Crippen LogP contribution in [0.25, 0.3) is 0 Å². The number of hydrogen-bond donors (Lipinski definition) is 0. The lowest BCUT2D eigenvalue weighted by atomic mass is 10.3. The molecule has 0 aliphatic rings. The summed E-state index contributed by atoms with van der Waals surface area (Å²) >= 11 is 0. The van der Waals surface area contributed by atoms with E-state index in [-0.39, 0.29) is 0 Å². The third kappa shape index (κ3) is 5.42. The largest absolute Gasteiger partial charge is 0.508 e. The van der Waals surface area contributed by atoms with Gasteiger partial charge < -0.3 is 9.47 Å². The Hall–Kier alpha value is -1.36. The first-order chi connectivity index (χ1) is 8.29. The summed E-state index contributed by atoms with van der Waals surface area (Å²) < 4.78 is 113. The van der Waals surface area contributed by atoms with Gasteiger partial charge in [0, 0.05) is 0 Å². The van der Waals surface area contributed by atoms with E-state index in [1.54, 1.807) is 0 Å². The summed E-state index contributed by atoms with van der Waals surface area (Å²) in [5.41, 5.74) is 0. The Morgan fingerprint density at radius 2 is 1.32 bits per heavy atom. The summed E-state index contributed by atoms with van der Waals surface area (Å²) in [5, 5.41) is 0. The van der Waals surface area contributed by atoms with Crippen molar-refractivity contribution >= 4 is 6.16 Å². The van der Waals surface area contributed by atoms with Crippen LogP contribution in [-0.4, -0.2) is 43.8 Å². The molecule has 0 aliphatic heterocycles. The molecule has 19 heavy (non-hydrogen) atoms. The molecule has 0 N–H and O–H groups in total. The Morgan fingerprint density at radius 3 is 1.68 bits per heavy atom. The molecule has 12 heteroatoms. The molecule has 114 valence electrons. The number of halogens is 9. The van der Waals surface area contributed by atoms with Crippen molar-refractivity contribution in [3.63, 3.8) is 0 Å². The maximum atomic E-state index is 12.2. The van der Waals surface area contributed by atoms with Crippen molar-refractivity contribution in [3.8, 4) is 0 Å². The predicted molar refractivity (Wildman–Crippen MR) is 39.3 cm³/mol. The molecule has 0 aliphatic carbocycles. The summed E-state index contributed by atoms with van der Waals surface area (Å²) in [7, 11) is 0. The van der Waals surface area contributed by atoms with Gasteiger partial charge >= 0.3 is 30.6 Å². The summed E-state index contributed by atoms with van der Waals surface area (Å²) in [6.07, 6.45) is -12.6. The highest BCUT2D eigenvalue weighted by molar-refractivity contribution is 5.59. The molecule has 0 aromatic carbocycles. The van der Waals surface area contributed by atoms with Gasteiger partial charge in [0.15, 0.2) is 13.2 Å². The van der Waals surface area contributed by atoms with E-state index >= 15 is 0 Å². The van der Waals surface area contributed by atoms with E-state index in [1.165, 1.54) is 0 Å². The highest BCUT2D eigenvalue weighted by Crippen LogP contribution is 2.35. The van der Waals surface area contributed by atoms with Crippen LogP contribution in [0.1, 0.15) is 0 Å². The van der Waals surface area contributed by atoms with Crippen LogP contribution in [0, 0.1) is 0 Å². The Labute approximate surface area is 98.8 Å². The minimum Gasteiger partial charge on any atom is -0.428 e. The summed E-state index contributed by atoms with van der Waals surface area (Å²) in [6, 6.07) is 0. The van der Waals surface area contributed by atoms with Gasteiger partial charge in [0.2, 0.25) is 0 Å². The number of carbonyl (C=O) groups excluding carboxylic acids is 1. The summed E-state index contributed by atoms with van der Waals surface area (Å²) in [5.74, 6) is -10.2. The predicted octanol–water partition coefficient (Wildman–Crippen LogP) is 3.24. The first-order valence-electron chi connectivity index (χ1n) is 4.19. The lowest BCUT2D eigenvalue weighted by Gasteiger charge is -2.19. The van der Waals surface area contributed by atoms with Crippen molar-refractivity contribution in [1.82, 2.24) is 0 Å². The maximum Gasteiger partial charge on any atom is 0.508 e. The highest BCUT2D eigenvalue weighted by atomic mass is 19.4. The van der Waals surface area contributed by atoms with Crippen molar-refractivity contribution in [2.24, 2.45) is 0 Å². The van der Waals surface area contributed by atoms with Crippen molar-refractivity contribution < 1.29 is 53.8 Å². The lowest BCUT2D eigenvalue weighted by molar-refractivity contribution is -0.293. The van der Waals surface area contributed by atoms with Crippen molar-refractivity contribution in [2.45, 2.75) is 24.4 Å². The minimum absolute atomic E-state index is 2.22. The normalized spacial score (nSPS) is 13.6. The van der Waals surface area contributed by atoms with Crippen LogP contribution in [0.5, 0.6) is 0 Å². The first-order valence-corrected chi connectivity index (χ1v) is 4.19. The minimum atomic E-state index is -6.03. The zero-order valence-electron chi connectivity index (χ0n) is 8.62. The van der Waals surface area contributed by atoms with E-state index < -0.39 is 43.8 Å². The van der Waals surface area contributed by atoms with E-state index in [9.17, 15) is 44.3 Å². The van der Waals surface area contributed by atoms with E-state index in [4.69, 9.17) is 0 Å². The van der Waals surface area contributed by atoms with Crippen LogP contribution in [0.2, 0.25) is 0 Å². The second kappa shape index (κ2) is 5.74. The van der Waals surface area contributed by atoms with Gasteiger partial charge in [-0.2, -0.15) is 30.7 Å². The summed E-state index contributed by atoms with van der Waals surface area (Å²) in [6.45, 7) is -4.74. The smallest absolute Gasteiger partial charge is 0.428 e. The molecular formula is C7H5F9O3. The molecule has 0 saturated carbocycles. The Bertz CT molecular complexity index is 311. The van der Waals surface area contributed by atoms with Crippen LogP contribution in [-0.2, 0) is 9.47 Å². The molecule has 0 rings (SSSR count). The number of alkyl halides is 9. The number of hydrogen-bond acceptors (Lipinski definition) is 3. The average molecular weight is 308 g/mol. The number of carbonyl (C=O) groups is 1. The van der Waals surface area contributed by atoms with Gasteiger partial charge in [-0.25, -0.2) is 13.6 Å². The third-order valence-electron chi connectivity index (χ3n) is 1.49. The zero-order valence-corrected chi connectivity index (χ0v) is 8.62. The van der Waals surface area contributed by atoms with E-state index in [1.807, 2.05) is 0 Å². The van der Waals surface area contributed by atoms with Gasteiger partial charge in [0.25, 0.3) is 0 Å². The van der Waals surface area contributed by atoms with Crippen LogP contribution in [0.15, 0.2) is 0 Å². The molecule has 0 aromatic heterocycles. The second-order valence-corrected chi connectivity index (χ2v) is 3.09. The molecule has 0 atom stereocenters. The average Bonchev–Trinajstić information content (AvgIpc) is 2.22. The monoisotopic (exact) mass is 308 g/mol. The van der Waals surface area contributed by atoms with Crippen LogP contribution >= 0.6 is 0 Å². The Balaban J connectivity index is 4.22. The Morgan fingerprint density at radius 1 is 0.895 bits per heavy atom. The Kier molecular flexibility index (Phi) is 5.32. The zero-order chi connectivity index (χ0) is 15.5. The molecule has 0 radical (unpaired) electrons. The quantitative estimate of drug-likeness (QED) is 0.578. The van der Waals surface area contributed by atoms with Gasteiger partial charge in [-0.15, -0.1) is 0 Å². The summed E-state index contributed by atoms with van der Waals surface area (Å²) in [4.78, 5) is 10.4. The fraction of sp³-hybridized carbons (Fsp3) is 0.857. The second-order valence-electron chi connectivity index (χ2n) is 3.09.